The first-order valence-corrected chi connectivity index (χ1v) is 10.3. The summed E-state index contributed by atoms with van der Waals surface area (Å²) >= 11 is 0. The maximum atomic E-state index is 12.8. The molecule has 0 bridgehead atoms. The lowest BCUT2D eigenvalue weighted by Gasteiger charge is -2.23. The Hall–Kier alpha value is -2.67. The zero-order chi connectivity index (χ0) is 22.5. The lowest BCUT2D eigenvalue weighted by Crippen LogP contribution is -2.42. The number of ether oxygens (including phenoxy) is 1. The van der Waals surface area contributed by atoms with Gasteiger partial charge in [0.05, 0.1) is 24.5 Å². The highest BCUT2D eigenvalue weighted by Crippen LogP contribution is 2.26. The molecule has 0 aliphatic rings. The minimum Gasteiger partial charge on any atom is -0.383 e. The molecule has 2 amide bonds. The minimum atomic E-state index is -0.269. The third-order valence-electron chi connectivity index (χ3n) is 4.70. The first-order chi connectivity index (χ1) is 14.0. The lowest BCUT2D eigenvalue weighted by atomic mass is 9.92. The van der Waals surface area contributed by atoms with Crippen LogP contribution in [0.2, 0.25) is 0 Å². The minimum absolute atomic E-state index is 0.0375. The molecular formula is C23H34N4O3. The van der Waals surface area contributed by atoms with E-state index < -0.39 is 0 Å². The predicted molar refractivity (Wildman–Crippen MR) is 119 cm³/mol. The molecular weight excluding hydrogens is 380 g/mol. The number of aryl methyl sites for hydroxylation is 1. The normalized spacial score (nSPS) is 11.6. The van der Waals surface area contributed by atoms with Gasteiger partial charge >= 0.3 is 0 Å². The third-order valence-corrected chi connectivity index (χ3v) is 4.70. The standard InChI is InChI=1S/C23H34N4O3/c1-16(2)22(29)26(11-12-30-7)15-21(28)24-20-14-19(23(4,5)6)25-27(20)18-10-8-9-17(3)13-18/h8-10,13-14,16H,11-12,15H2,1-7H3,(H,24,28). The maximum Gasteiger partial charge on any atom is 0.245 e. The van der Waals surface area contributed by atoms with Crippen LogP contribution in [0.25, 0.3) is 5.69 Å². The number of benzene rings is 1. The Kier molecular flexibility index (Phi) is 7.78. The van der Waals surface area contributed by atoms with E-state index in [9.17, 15) is 9.59 Å². The molecule has 0 atom stereocenters. The molecule has 7 nitrogen and oxygen atoms in total. The molecule has 1 aromatic carbocycles. The summed E-state index contributed by atoms with van der Waals surface area (Å²) in [6.07, 6.45) is 0. The van der Waals surface area contributed by atoms with Crippen molar-refractivity contribution >= 4 is 17.6 Å². The van der Waals surface area contributed by atoms with Gasteiger partial charge < -0.3 is 15.0 Å². The zero-order valence-corrected chi connectivity index (χ0v) is 19.2. The average Bonchev–Trinajstić information content (AvgIpc) is 3.08. The van der Waals surface area contributed by atoms with Gasteiger partial charge in [-0.1, -0.05) is 46.8 Å². The topological polar surface area (TPSA) is 76.5 Å². The summed E-state index contributed by atoms with van der Waals surface area (Å²) in [5, 5.41) is 7.69. The first-order valence-electron chi connectivity index (χ1n) is 10.3. The van der Waals surface area contributed by atoms with Crippen LogP contribution in [0, 0.1) is 12.8 Å². The molecule has 0 saturated carbocycles. The molecule has 1 aromatic heterocycles. The number of hydrogen-bond donors (Lipinski definition) is 1. The molecule has 2 rings (SSSR count). The van der Waals surface area contributed by atoms with Gasteiger partial charge in [-0.05, 0) is 24.6 Å². The van der Waals surface area contributed by atoms with Crippen molar-refractivity contribution in [3.63, 3.8) is 0 Å². The van der Waals surface area contributed by atoms with Crippen LogP contribution in [0.15, 0.2) is 30.3 Å². The van der Waals surface area contributed by atoms with Crippen LogP contribution < -0.4 is 5.32 Å². The number of methoxy groups -OCH3 is 1. The van der Waals surface area contributed by atoms with Gasteiger partial charge in [0, 0.05) is 31.1 Å². The van der Waals surface area contributed by atoms with E-state index in [1.807, 2.05) is 51.1 Å². The van der Waals surface area contributed by atoms with E-state index in [0.717, 1.165) is 16.9 Å². The van der Waals surface area contributed by atoms with Crippen molar-refractivity contribution in [2.75, 3.05) is 32.1 Å². The number of aromatic nitrogens is 2. The second kappa shape index (κ2) is 9.89. The largest absolute Gasteiger partial charge is 0.383 e. The molecule has 7 heteroatoms. The number of rotatable bonds is 8. The van der Waals surface area contributed by atoms with Crippen LogP contribution in [-0.4, -0.2) is 53.3 Å². The number of hydrogen-bond acceptors (Lipinski definition) is 4. The van der Waals surface area contributed by atoms with Crippen molar-refractivity contribution in [1.82, 2.24) is 14.7 Å². The number of amides is 2. The smallest absolute Gasteiger partial charge is 0.245 e. The van der Waals surface area contributed by atoms with E-state index in [0.29, 0.717) is 19.0 Å². The molecule has 164 valence electrons. The van der Waals surface area contributed by atoms with Gasteiger partial charge in [-0.15, -0.1) is 0 Å². The van der Waals surface area contributed by atoms with Crippen molar-refractivity contribution in [3.05, 3.63) is 41.6 Å². The summed E-state index contributed by atoms with van der Waals surface area (Å²) in [6.45, 7) is 12.6. The van der Waals surface area contributed by atoms with E-state index in [1.54, 1.807) is 11.8 Å². The molecule has 0 aliphatic heterocycles. The Balaban J connectivity index is 2.30. The Labute approximate surface area is 179 Å². The van der Waals surface area contributed by atoms with Gasteiger partial charge in [-0.25, -0.2) is 4.68 Å². The molecule has 1 heterocycles. The maximum absolute atomic E-state index is 12.8. The molecule has 0 saturated heterocycles. The predicted octanol–water partition coefficient (Wildman–Crippen LogP) is 3.55. The molecule has 0 aliphatic carbocycles. The van der Waals surface area contributed by atoms with Gasteiger partial charge in [0.25, 0.3) is 0 Å². The highest BCUT2D eigenvalue weighted by Gasteiger charge is 2.23. The van der Waals surface area contributed by atoms with Crippen molar-refractivity contribution < 1.29 is 14.3 Å². The number of carbonyl (C=O) groups is 2. The Morgan fingerprint density at radius 1 is 1.23 bits per heavy atom. The molecule has 0 spiro atoms. The number of nitrogens with one attached hydrogen (secondary N) is 1. The van der Waals surface area contributed by atoms with Gasteiger partial charge in [0.2, 0.25) is 11.8 Å². The van der Waals surface area contributed by atoms with Crippen molar-refractivity contribution in [2.24, 2.45) is 5.92 Å². The number of carbonyl (C=O) groups excluding carboxylic acids is 2. The molecule has 2 aromatic rings. The van der Waals surface area contributed by atoms with Crippen molar-refractivity contribution in [3.8, 4) is 5.69 Å². The SMILES string of the molecule is COCCN(CC(=O)Nc1cc(C(C)(C)C)nn1-c1cccc(C)c1)C(=O)C(C)C. The zero-order valence-electron chi connectivity index (χ0n) is 19.2. The van der Waals surface area contributed by atoms with Crippen LogP contribution in [0.4, 0.5) is 5.82 Å². The monoisotopic (exact) mass is 414 g/mol. The second-order valence-electron chi connectivity index (χ2n) is 8.87. The van der Waals surface area contributed by atoms with Crippen molar-refractivity contribution in [1.29, 1.82) is 0 Å². The van der Waals surface area contributed by atoms with Crippen LogP contribution in [0.3, 0.4) is 0 Å². The third kappa shape index (κ3) is 6.16. The van der Waals surface area contributed by atoms with E-state index in [4.69, 9.17) is 9.84 Å². The summed E-state index contributed by atoms with van der Waals surface area (Å²) in [4.78, 5) is 26.8. The fourth-order valence-corrected chi connectivity index (χ4v) is 2.98. The summed E-state index contributed by atoms with van der Waals surface area (Å²) in [5.41, 5.74) is 2.67. The Bertz CT molecular complexity index is 881. The van der Waals surface area contributed by atoms with E-state index in [2.05, 4.69) is 26.1 Å². The summed E-state index contributed by atoms with van der Waals surface area (Å²) in [7, 11) is 1.58. The fourth-order valence-electron chi connectivity index (χ4n) is 2.98. The van der Waals surface area contributed by atoms with E-state index >= 15 is 0 Å². The van der Waals surface area contributed by atoms with Crippen molar-refractivity contribution in [2.45, 2.75) is 47.0 Å². The Morgan fingerprint density at radius 2 is 1.93 bits per heavy atom. The van der Waals surface area contributed by atoms with Gasteiger partial charge in [-0.2, -0.15) is 5.10 Å². The highest BCUT2D eigenvalue weighted by atomic mass is 16.5. The van der Waals surface area contributed by atoms with Gasteiger partial charge in [-0.3, -0.25) is 9.59 Å². The van der Waals surface area contributed by atoms with Crippen LogP contribution >= 0.6 is 0 Å². The quantitative estimate of drug-likeness (QED) is 0.717. The number of anilines is 1. The summed E-state index contributed by atoms with van der Waals surface area (Å²) in [6, 6.07) is 9.84. The van der Waals surface area contributed by atoms with Gasteiger partial charge in [0.1, 0.15) is 5.82 Å². The Morgan fingerprint density at radius 3 is 2.50 bits per heavy atom. The summed E-state index contributed by atoms with van der Waals surface area (Å²) < 4.78 is 6.84. The molecule has 0 radical (unpaired) electrons. The second-order valence-corrected chi connectivity index (χ2v) is 8.87. The van der Waals surface area contributed by atoms with E-state index in [1.165, 1.54) is 4.90 Å². The average molecular weight is 415 g/mol. The molecule has 30 heavy (non-hydrogen) atoms. The van der Waals surface area contributed by atoms with E-state index in [-0.39, 0.29) is 29.7 Å². The van der Waals surface area contributed by atoms with Crippen LogP contribution in [0.1, 0.15) is 45.9 Å². The van der Waals surface area contributed by atoms with Crippen LogP contribution in [0.5, 0.6) is 0 Å². The fraction of sp³-hybridized carbons (Fsp3) is 0.522. The molecule has 1 N–H and O–H groups in total. The summed E-state index contributed by atoms with van der Waals surface area (Å²) in [5.74, 6) is 0.0401. The molecule has 0 fully saturated rings. The molecule has 0 unspecified atom stereocenters. The first kappa shape index (κ1) is 23.6. The van der Waals surface area contributed by atoms with Crippen LogP contribution in [-0.2, 0) is 19.7 Å². The van der Waals surface area contributed by atoms with Gasteiger partial charge in [0.15, 0.2) is 0 Å². The lowest BCUT2D eigenvalue weighted by molar-refractivity contribution is -0.138. The number of nitrogens with zero attached hydrogens (tertiary/aromatic N) is 3. The highest BCUT2D eigenvalue weighted by molar-refractivity contribution is 5.94.